The van der Waals surface area contributed by atoms with Crippen molar-refractivity contribution in [2.45, 2.75) is 13.5 Å². The summed E-state index contributed by atoms with van der Waals surface area (Å²) >= 11 is 5.80. The predicted octanol–water partition coefficient (Wildman–Crippen LogP) is 3.37. The number of aromatic nitrogens is 1. The van der Waals surface area contributed by atoms with Gasteiger partial charge >= 0.3 is 0 Å². The number of rotatable bonds is 4. The number of hydrogen-bond donors (Lipinski definition) is 1. The highest BCUT2D eigenvalue weighted by atomic mass is 35.5. The zero-order valence-electron chi connectivity index (χ0n) is 11.1. The summed E-state index contributed by atoms with van der Waals surface area (Å²) in [6.07, 6.45) is 4.97. The molecule has 1 aromatic carbocycles. The van der Waals surface area contributed by atoms with Gasteiger partial charge < -0.3 is 5.32 Å². The number of benzene rings is 1. The van der Waals surface area contributed by atoms with Gasteiger partial charge in [-0.1, -0.05) is 29.8 Å². The van der Waals surface area contributed by atoms with E-state index in [0.29, 0.717) is 11.6 Å². The molecule has 0 unspecified atom stereocenters. The van der Waals surface area contributed by atoms with Crippen molar-refractivity contribution in [3.8, 4) is 0 Å². The number of carbonyl (C=O) groups excluding carboxylic acids is 1. The predicted molar refractivity (Wildman–Crippen MR) is 81.3 cm³/mol. The van der Waals surface area contributed by atoms with Gasteiger partial charge in [-0.3, -0.25) is 9.78 Å². The van der Waals surface area contributed by atoms with Crippen LogP contribution < -0.4 is 5.32 Å². The van der Waals surface area contributed by atoms with E-state index in [9.17, 15) is 4.79 Å². The Kier molecular flexibility index (Phi) is 4.91. The van der Waals surface area contributed by atoms with E-state index in [2.05, 4.69) is 10.3 Å². The average molecular weight is 287 g/mol. The van der Waals surface area contributed by atoms with Crippen LogP contribution in [0, 0.1) is 6.92 Å². The van der Waals surface area contributed by atoms with Gasteiger partial charge in [-0.25, -0.2) is 0 Å². The molecule has 2 aromatic rings. The van der Waals surface area contributed by atoms with E-state index >= 15 is 0 Å². The molecule has 0 saturated carbocycles. The van der Waals surface area contributed by atoms with Crippen molar-refractivity contribution in [1.82, 2.24) is 10.3 Å². The molecule has 20 heavy (non-hydrogen) atoms. The summed E-state index contributed by atoms with van der Waals surface area (Å²) in [5.41, 5.74) is 2.87. The van der Waals surface area contributed by atoms with Crippen molar-refractivity contribution in [2.24, 2.45) is 0 Å². The van der Waals surface area contributed by atoms with Crippen LogP contribution in [0.15, 0.2) is 48.7 Å². The summed E-state index contributed by atoms with van der Waals surface area (Å²) in [5, 5.41) is 3.49. The number of halogens is 1. The highest BCUT2D eigenvalue weighted by Crippen LogP contribution is 2.10. The molecule has 0 aliphatic heterocycles. The van der Waals surface area contributed by atoms with E-state index in [1.165, 1.54) is 6.08 Å². The fourth-order valence-electron chi connectivity index (χ4n) is 1.68. The summed E-state index contributed by atoms with van der Waals surface area (Å²) in [6.45, 7) is 2.40. The fraction of sp³-hybridized carbons (Fsp3) is 0.125. The Bertz CT molecular complexity index is 621. The molecule has 0 radical (unpaired) electrons. The minimum Gasteiger partial charge on any atom is -0.347 e. The van der Waals surface area contributed by atoms with Gasteiger partial charge in [0.15, 0.2) is 0 Å². The second-order valence-corrected chi connectivity index (χ2v) is 4.81. The van der Waals surface area contributed by atoms with E-state index in [4.69, 9.17) is 11.6 Å². The van der Waals surface area contributed by atoms with E-state index in [1.54, 1.807) is 24.4 Å². The van der Waals surface area contributed by atoms with E-state index in [1.807, 2.05) is 31.2 Å². The van der Waals surface area contributed by atoms with Crippen LogP contribution >= 0.6 is 11.6 Å². The lowest BCUT2D eigenvalue weighted by Gasteiger charge is -2.04. The third-order valence-corrected chi connectivity index (χ3v) is 3.10. The number of carbonyl (C=O) groups is 1. The molecule has 0 aliphatic rings. The average Bonchev–Trinajstić information content (AvgIpc) is 2.46. The number of hydrogen-bond acceptors (Lipinski definition) is 2. The summed E-state index contributed by atoms with van der Waals surface area (Å²) in [5.74, 6) is -0.148. The molecule has 0 aliphatic carbocycles. The summed E-state index contributed by atoms with van der Waals surface area (Å²) in [7, 11) is 0. The van der Waals surface area contributed by atoms with Crippen LogP contribution in [-0.2, 0) is 11.3 Å². The minimum absolute atomic E-state index is 0.148. The van der Waals surface area contributed by atoms with Crippen molar-refractivity contribution in [3.05, 3.63) is 70.5 Å². The zero-order chi connectivity index (χ0) is 14.4. The van der Waals surface area contributed by atoms with Crippen LogP contribution in [0.3, 0.4) is 0 Å². The maximum Gasteiger partial charge on any atom is 0.244 e. The van der Waals surface area contributed by atoms with Crippen LogP contribution in [0.1, 0.15) is 16.8 Å². The van der Waals surface area contributed by atoms with Crippen LogP contribution in [0.2, 0.25) is 5.02 Å². The molecule has 0 fully saturated rings. The second kappa shape index (κ2) is 6.87. The van der Waals surface area contributed by atoms with Crippen molar-refractivity contribution in [1.29, 1.82) is 0 Å². The van der Waals surface area contributed by atoms with Gasteiger partial charge in [0.1, 0.15) is 0 Å². The summed E-state index contributed by atoms with van der Waals surface area (Å²) < 4.78 is 0. The quantitative estimate of drug-likeness (QED) is 0.876. The van der Waals surface area contributed by atoms with Crippen molar-refractivity contribution in [3.63, 3.8) is 0 Å². The Morgan fingerprint density at radius 3 is 2.75 bits per heavy atom. The maximum atomic E-state index is 11.7. The molecule has 102 valence electrons. The lowest BCUT2D eigenvalue weighted by atomic mass is 10.2. The number of aryl methyl sites for hydroxylation is 1. The molecule has 1 amide bonds. The molecule has 0 spiro atoms. The van der Waals surface area contributed by atoms with Gasteiger partial charge in [0.05, 0.1) is 12.2 Å². The molecule has 0 saturated heterocycles. The Balaban J connectivity index is 1.90. The van der Waals surface area contributed by atoms with E-state index < -0.39 is 0 Å². The molecular weight excluding hydrogens is 272 g/mol. The van der Waals surface area contributed by atoms with Gasteiger partial charge in [0, 0.05) is 17.3 Å². The Morgan fingerprint density at radius 1 is 1.30 bits per heavy atom. The first kappa shape index (κ1) is 14.3. The number of amides is 1. The van der Waals surface area contributed by atoms with Crippen LogP contribution in [0.25, 0.3) is 6.08 Å². The molecular formula is C16H15ClN2O. The molecule has 2 rings (SSSR count). The molecule has 0 bridgehead atoms. The molecule has 1 aromatic heterocycles. The lowest BCUT2D eigenvalue weighted by Crippen LogP contribution is -2.21. The first-order valence-electron chi connectivity index (χ1n) is 6.27. The first-order chi connectivity index (χ1) is 9.65. The Labute approximate surface area is 123 Å². The number of nitrogens with zero attached hydrogens (tertiary/aromatic N) is 1. The molecule has 4 heteroatoms. The SMILES string of the molecule is Cc1cccnc1CNC(=O)C=Cc1ccc(Cl)cc1. The smallest absolute Gasteiger partial charge is 0.244 e. The third-order valence-electron chi connectivity index (χ3n) is 2.85. The number of nitrogens with one attached hydrogen (secondary N) is 1. The van der Waals surface area contributed by atoms with Gasteiger partial charge in [0.25, 0.3) is 0 Å². The summed E-state index contributed by atoms with van der Waals surface area (Å²) in [4.78, 5) is 15.9. The first-order valence-corrected chi connectivity index (χ1v) is 6.65. The van der Waals surface area contributed by atoms with Gasteiger partial charge in [-0.15, -0.1) is 0 Å². The van der Waals surface area contributed by atoms with Crippen LogP contribution in [-0.4, -0.2) is 10.9 Å². The Hall–Kier alpha value is -2.13. The standard InChI is InChI=1S/C16H15ClN2O/c1-12-3-2-10-18-15(12)11-19-16(20)9-6-13-4-7-14(17)8-5-13/h2-10H,11H2,1H3,(H,19,20). The van der Waals surface area contributed by atoms with Crippen molar-refractivity contribution >= 4 is 23.6 Å². The zero-order valence-corrected chi connectivity index (χ0v) is 11.9. The highest BCUT2D eigenvalue weighted by molar-refractivity contribution is 6.30. The highest BCUT2D eigenvalue weighted by Gasteiger charge is 2.00. The van der Waals surface area contributed by atoms with Crippen molar-refractivity contribution < 1.29 is 4.79 Å². The van der Waals surface area contributed by atoms with Crippen LogP contribution in [0.5, 0.6) is 0 Å². The minimum atomic E-state index is -0.148. The van der Waals surface area contributed by atoms with Gasteiger partial charge in [-0.2, -0.15) is 0 Å². The van der Waals surface area contributed by atoms with Gasteiger partial charge in [-0.05, 0) is 42.3 Å². The topological polar surface area (TPSA) is 42.0 Å². The lowest BCUT2D eigenvalue weighted by molar-refractivity contribution is -0.116. The normalized spacial score (nSPS) is 10.7. The van der Waals surface area contributed by atoms with E-state index in [-0.39, 0.29) is 5.91 Å². The fourth-order valence-corrected chi connectivity index (χ4v) is 1.81. The third kappa shape index (κ3) is 4.21. The molecule has 3 nitrogen and oxygen atoms in total. The molecule has 1 N–H and O–H groups in total. The van der Waals surface area contributed by atoms with Crippen molar-refractivity contribution in [2.75, 3.05) is 0 Å². The number of pyridine rings is 1. The molecule has 1 heterocycles. The maximum absolute atomic E-state index is 11.7. The van der Waals surface area contributed by atoms with E-state index in [0.717, 1.165) is 16.8 Å². The summed E-state index contributed by atoms with van der Waals surface area (Å²) in [6, 6.07) is 11.1. The largest absolute Gasteiger partial charge is 0.347 e. The van der Waals surface area contributed by atoms with Crippen LogP contribution in [0.4, 0.5) is 0 Å². The second-order valence-electron chi connectivity index (χ2n) is 4.37. The Morgan fingerprint density at radius 2 is 2.05 bits per heavy atom. The molecule has 0 atom stereocenters. The monoisotopic (exact) mass is 286 g/mol. The van der Waals surface area contributed by atoms with Gasteiger partial charge in [0.2, 0.25) is 5.91 Å².